The van der Waals surface area contributed by atoms with Crippen molar-refractivity contribution in [2.75, 3.05) is 6.61 Å². The summed E-state index contributed by atoms with van der Waals surface area (Å²) in [6, 6.07) is 10.6. The third kappa shape index (κ3) is 6.73. The Morgan fingerprint density at radius 1 is 1.25 bits per heavy atom. The number of allylic oxidation sites excluding steroid dienone is 11. The Balaban J connectivity index is 2.37. The summed E-state index contributed by atoms with van der Waals surface area (Å²) >= 11 is 0. The summed E-state index contributed by atoms with van der Waals surface area (Å²) in [7, 11) is -0.742. The lowest BCUT2D eigenvalue weighted by Gasteiger charge is -2.28. The fraction of sp³-hybridized carbons (Fsp3) is 0.154. The fourth-order valence-corrected chi connectivity index (χ4v) is 5.29. The molecule has 0 heterocycles. The largest absolute Gasteiger partial charge is 0.489 e. The van der Waals surface area contributed by atoms with Crippen LogP contribution in [-0.4, -0.2) is 6.61 Å². The number of hydrogen-bond acceptors (Lipinski definition) is 1. The maximum Gasteiger partial charge on any atom is 0.127 e. The van der Waals surface area contributed by atoms with E-state index in [9.17, 15) is 0 Å². The van der Waals surface area contributed by atoms with Crippen LogP contribution in [0.25, 0.3) is 0 Å². The molecule has 0 bridgehead atoms. The van der Waals surface area contributed by atoms with E-state index in [2.05, 4.69) is 74.1 Å². The zero-order valence-corrected chi connectivity index (χ0v) is 17.3. The van der Waals surface area contributed by atoms with E-state index in [-0.39, 0.29) is 0 Å². The average molecular weight is 386 g/mol. The van der Waals surface area contributed by atoms with Crippen molar-refractivity contribution >= 4 is 13.2 Å². The van der Waals surface area contributed by atoms with E-state index >= 15 is 0 Å². The summed E-state index contributed by atoms with van der Waals surface area (Å²) in [4.78, 5) is 0. The molecule has 2 heteroatoms. The summed E-state index contributed by atoms with van der Waals surface area (Å²) < 4.78 is 6.25. The second-order valence-electron chi connectivity index (χ2n) is 6.22. The molecule has 0 N–H and O–H groups in total. The van der Waals surface area contributed by atoms with Gasteiger partial charge >= 0.3 is 0 Å². The molecule has 0 fully saturated rings. The monoisotopic (exact) mass is 386 g/mol. The first-order chi connectivity index (χ1) is 13.8. The first-order valence-corrected chi connectivity index (χ1v) is 10.7. The lowest BCUT2D eigenvalue weighted by molar-refractivity contribution is 0.276. The Hall–Kier alpha value is -2.81. The van der Waals surface area contributed by atoms with E-state index in [1.54, 1.807) is 12.2 Å². The Kier molecular flexibility index (Phi) is 9.64. The quantitative estimate of drug-likeness (QED) is 0.201. The first-order valence-electron chi connectivity index (χ1n) is 9.39. The van der Waals surface area contributed by atoms with Gasteiger partial charge in [0.05, 0.1) is 0 Å². The molecular formula is C26H27OP. The molecule has 0 spiro atoms. The van der Waals surface area contributed by atoms with E-state index in [0.717, 1.165) is 11.9 Å². The summed E-state index contributed by atoms with van der Waals surface area (Å²) in [5.74, 6) is 2.96. The van der Waals surface area contributed by atoms with Gasteiger partial charge in [-0.25, -0.2) is 0 Å². The van der Waals surface area contributed by atoms with E-state index in [1.807, 2.05) is 30.4 Å². The number of hydrogen-bond donors (Lipinski definition) is 0. The van der Waals surface area contributed by atoms with Crippen molar-refractivity contribution < 1.29 is 4.74 Å². The standard InChI is InChI=1S/C26H27OP/c1-4-6-8-9-16-22-27-26(21-11-7-5-2)28(24-18-12-10-13-19-24)25-20-15-14-17-23(25)3/h1,5-16,18-21,23H,2,17,22H2,3H3/b8-6-,11-7-,16-9-,26-21-. The number of rotatable bonds is 9. The van der Waals surface area contributed by atoms with Crippen molar-refractivity contribution in [3.8, 4) is 12.3 Å². The summed E-state index contributed by atoms with van der Waals surface area (Å²) in [6.45, 7) is 6.54. The topological polar surface area (TPSA) is 9.23 Å². The molecule has 0 saturated carbocycles. The molecule has 0 amide bonds. The van der Waals surface area contributed by atoms with Crippen LogP contribution in [0.1, 0.15) is 13.3 Å². The fourth-order valence-electron chi connectivity index (χ4n) is 2.79. The zero-order chi connectivity index (χ0) is 20.0. The third-order valence-corrected chi connectivity index (χ3v) is 6.78. The Labute approximate surface area is 171 Å². The molecule has 1 aliphatic rings. The van der Waals surface area contributed by atoms with E-state index in [1.165, 1.54) is 10.6 Å². The Morgan fingerprint density at radius 2 is 2.07 bits per heavy atom. The van der Waals surface area contributed by atoms with Gasteiger partial charge in [0.1, 0.15) is 12.1 Å². The van der Waals surface area contributed by atoms with Crippen LogP contribution in [0.3, 0.4) is 0 Å². The highest BCUT2D eigenvalue weighted by Crippen LogP contribution is 2.56. The number of benzene rings is 1. The first kappa shape index (κ1) is 21.5. The minimum Gasteiger partial charge on any atom is -0.489 e. The van der Waals surface area contributed by atoms with Crippen LogP contribution >= 0.6 is 7.92 Å². The zero-order valence-electron chi connectivity index (χ0n) is 16.4. The van der Waals surface area contributed by atoms with Crippen molar-refractivity contribution in [1.29, 1.82) is 0 Å². The molecule has 0 radical (unpaired) electrons. The minimum atomic E-state index is -0.742. The predicted molar refractivity (Wildman–Crippen MR) is 124 cm³/mol. The van der Waals surface area contributed by atoms with Crippen LogP contribution in [0, 0.1) is 18.3 Å². The minimum absolute atomic E-state index is 0.487. The highest BCUT2D eigenvalue weighted by Gasteiger charge is 2.26. The molecule has 2 rings (SSSR count). The summed E-state index contributed by atoms with van der Waals surface area (Å²) in [5, 5.41) is 2.72. The van der Waals surface area contributed by atoms with Gasteiger partial charge in [0.15, 0.2) is 0 Å². The molecular weight excluding hydrogens is 359 g/mol. The van der Waals surface area contributed by atoms with Crippen molar-refractivity contribution in [3.63, 3.8) is 0 Å². The van der Waals surface area contributed by atoms with Crippen molar-refractivity contribution in [1.82, 2.24) is 0 Å². The number of ether oxygens (including phenoxy) is 1. The average Bonchev–Trinajstić information content (AvgIpc) is 2.72. The molecule has 1 nitrogen and oxygen atoms in total. The molecule has 0 saturated heterocycles. The van der Waals surface area contributed by atoms with Gasteiger partial charge in [-0.2, -0.15) is 0 Å². The van der Waals surface area contributed by atoms with Crippen LogP contribution in [0.15, 0.2) is 115 Å². The summed E-state index contributed by atoms with van der Waals surface area (Å²) in [5.41, 5.74) is 0.985. The summed E-state index contributed by atoms with van der Waals surface area (Å²) in [6.07, 6.45) is 28.1. The molecule has 2 unspecified atom stereocenters. The van der Waals surface area contributed by atoms with Crippen LogP contribution in [-0.2, 0) is 4.74 Å². The normalized spacial score (nSPS) is 18.4. The lowest BCUT2D eigenvalue weighted by atomic mass is 10.0. The highest BCUT2D eigenvalue weighted by atomic mass is 31.1. The van der Waals surface area contributed by atoms with Crippen molar-refractivity contribution in [2.24, 2.45) is 5.92 Å². The van der Waals surface area contributed by atoms with E-state index in [4.69, 9.17) is 11.2 Å². The van der Waals surface area contributed by atoms with Crippen LogP contribution < -0.4 is 5.30 Å². The molecule has 0 aromatic heterocycles. The maximum atomic E-state index is 6.25. The Morgan fingerprint density at radius 3 is 2.79 bits per heavy atom. The second-order valence-corrected chi connectivity index (χ2v) is 8.36. The van der Waals surface area contributed by atoms with Crippen LogP contribution in [0.4, 0.5) is 0 Å². The van der Waals surface area contributed by atoms with Crippen molar-refractivity contribution in [3.05, 3.63) is 115 Å². The second kappa shape index (κ2) is 12.6. The molecule has 28 heavy (non-hydrogen) atoms. The van der Waals surface area contributed by atoms with Gasteiger partial charge in [0, 0.05) is 7.92 Å². The van der Waals surface area contributed by atoms with Gasteiger partial charge in [-0.3, -0.25) is 0 Å². The number of terminal acetylenes is 1. The molecule has 2 atom stereocenters. The molecule has 0 aliphatic heterocycles. The van der Waals surface area contributed by atoms with Crippen LogP contribution in [0.5, 0.6) is 0 Å². The van der Waals surface area contributed by atoms with Crippen LogP contribution in [0.2, 0.25) is 0 Å². The lowest BCUT2D eigenvalue weighted by Crippen LogP contribution is -2.11. The Bertz CT molecular complexity index is 844. The van der Waals surface area contributed by atoms with Gasteiger partial charge in [0.2, 0.25) is 0 Å². The molecule has 1 aromatic rings. The van der Waals surface area contributed by atoms with Gasteiger partial charge in [-0.1, -0.05) is 98.4 Å². The van der Waals surface area contributed by atoms with Gasteiger partial charge in [-0.05, 0) is 41.2 Å². The molecule has 142 valence electrons. The van der Waals surface area contributed by atoms with E-state index in [0.29, 0.717) is 12.5 Å². The van der Waals surface area contributed by atoms with Gasteiger partial charge in [-0.15, -0.1) is 6.42 Å². The van der Waals surface area contributed by atoms with Gasteiger partial charge < -0.3 is 4.74 Å². The molecule has 1 aromatic carbocycles. The smallest absolute Gasteiger partial charge is 0.127 e. The third-order valence-electron chi connectivity index (χ3n) is 4.14. The highest BCUT2D eigenvalue weighted by molar-refractivity contribution is 7.73. The van der Waals surface area contributed by atoms with Crippen molar-refractivity contribution in [2.45, 2.75) is 13.3 Å². The van der Waals surface area contributed by atoms with Gasteiger partial charge in [0.25, 0.3) is 0 Å². The van der Waals surface area contributed by atoms with E-state index < -0.39 is 7.92 Å². The predicted octanol–water partition coefficient (Wildman–Crippen LogP) is 6.62. The maximum absolute atomic E-state index is 6.25. The molecule has 1 aliphatic carbocycles. The SMILES string of the molecule is C#C/C=C\C=C/CO/C(=C/C=C\C=C)P(C1=CC=CCC1C)c1ccccc1.